The van der Waals surface area contributed by atoms with Crippen molar-refractivity contribution in [2.75, 3.05) is 0 Å². The summed E-state index contributed by atoms with van der Waals surface area (Å²) in [7, 11) is 0. The molecule has 0 saturated carbocycles. The van der Waals surface area contributed by atoms with Crippen molar-refractivity contribution in [3.63, 3.8) is 0 Å². The molecule has 2 aromatic carbocycles. The molecule has 0 fully saturated rings. The van der Waals surface area contributed by atoms with Gasteiger partial charge in [0.1, 0.15) is 0 Å². The minimum Gasteiger partial charge on any atom is -0.247 e. The lowest BCUT2D eigenvalue weighted by atomic mass is 9.73. The highest BCUT2D eigenvalue weighted by Gasteiger charge is 2.29. The molecule has 0 bridgehead atoms. The summed E-state index contributed by atoms with van der Waals surface area (Å²) in [4.78, 5) is 5.13. The molecular weight excluding hydrogens is 290 g/mol. The van der Waals surface area contributed by atoms with Gasteiger partial charge in [-0.1, -0.05) is 55.8 Å². The standard InChI is InChI=1S/C23H25N/c1-4-17-12-11-16(3)21-19-14-15(2)10-13-20(19)24-23(22(17)21)18-8-6-5-7-9-18/h5-10,13-14,16-17H,4,11-12H2,1-3H3. The number of aromatic nitrogens is 1. The van der Waals surface area contributed by atoms with E-state index in [-0.39, 0.29) is 0 Å². The van der Waals surface area contributed by atoms with E-state index < -0.39 is 0 Å². The van der Waals surface area contributed by atoms with Crippen LogP contribution in [0.15, 0.2) is 48.5 Å². The number of hydrogen-bond donors (Lipinski definition) is 0. The predicted octanol–water partition coefficient (Wildman–Crippen LogP) is 6.60. The summed E-state index contributed by atoms with van der Waals surface area (Å²) in [6.45, 7) is 6.89. The summed E-state index contributed by atoms with van der Waals surface area (Å²) in [6, 6.07) is 17.4. The quantitative estimate of drug-likeness (QED) is 0.519. The van der Waals surface area contributed by atoms with Gasteiger partial charge in [0.15, 0.2) is 0 Å². The molecule has 2 atom stereocenters. The van der Waals surface area contributed by atoms with Crippen LogP contribution in [0.3, 0.4) is 0 Å². The van der Waals surface area contributed by atoms with Crippen molar-refractivity contribution in [3.8, 4) is 11.3 Å². The second kappa shape index (κ2) is 6.05. The van der Waals surface area contributed by atoms with Gasteiger partial charge in [-0.15, -0.1) is 0 Å². The van der Waals surface area contributed by atoms with Gasteiger partial charge in [0.25, 0.3) is 0 Å². The Morgan fingerprint density at radius 2 is 1.79 bits per heavy atom. The molecule has 0 spiro atoms. The van der Waals surface area contributed by atoms with Gasteiger partial charge in [0.05, 0.1) is 11.2 Å². The monoisotopic (exact) mass is 315 g/mol. The van der Waals surface area contributed by atoms with Crippen LogP contribution in [0.1, 0.15) is 61.6 Å². The number of pyridine rings is 1. The van der Waals surface area contributed by atoms with Crippen molar-refractivity contribution < 1.29 is 0 Å². The van der Waals surface area contributed by atoms with E-state index in [1.807, 2.05) is 0 Å². The average Bonchev–Trinajstić information content (AvgIpc) is 2.62. The fourth-order valence-corrected chi connectivity index (χ4v) is 4.32. The Kier molecular flexibility index (Phi) is 3.88. The average molecular weight is 315 g/mol. The van der Waals surface area contributed by atoms with Crippen LogP contribution in [0.2, 0.25) is 0 Å². The van der Waals surface area contributed by atoms with E-state index in [2.05, 4.69) is 69.3 Å². The molecule has 0 radical (unpaired) electrons. The summed E-state index contributed by atoms with van der Waals surface area (Å²) < 4.78 is 0. The molecule has 1 heterocycles. The smallest absolute Gasteiger partial charge is 0.0747 e. The van der Waals surface area contributed by atoms with Crippen molar-refractivity contribution in [3.05, 3.63) is 65.2 Å². The van der Waals surface area contributed by atoms with Crippen molar-refractivity contribution in [2.45, 2.75) is 51.9 Å². The molecule has 4 rings (SSSR count). The molecule has 1 nitrogen and oxygen atoms in total. The van der Waals surface area contributed by atoms with E-state index in [0.717, 1.165) is 5.52 Å². The lowest BCUT2D eigenvalue weighted by molar-refractivity contribution is 0.495. The van der Waals surface area contributed by atoms with Crippen LogP contribution in [-0.2, 0) is 0 Å². The lowest BCUT2D eigenvalue weighted by Gasteiger charge is -2.32. The molecule has 1 heteroatoms. The van der Waals surface area contributed by atoms with Gasteiger partial charge in [0, 0.05) is 10.9 Å². The summed E-state index contributed by atoms with van der Waals surface area (Å²) in [5.41, 5.74) is 8.00. The van der Waals surface area contributed by atoms with Gasteiger partial charge in [-0.2, -0.15) is 0 Å². The first-order chi connectivity index (χ1) is 11.7. The van der Waals surface area contributed by atoms with E-state index in [1.54, 1.807) is 5.56 Å². The molecule has 3 aromatic rings. The number of aryl methyl sites for hydroxylation is 1. The summed E-state index contributed by atoms with van der Waals surface area (Å²) in [5.74, 6) is 1.24. The summed E-state index contributed by atoms with van der Waals surface area (Å²) >= 11 is 0. The number of hydrogen-bond acceptors (Lipinski definition) is 1. The van der Waals surface area contributed by atoms with Crippen LogP contribution in [0.4, 0.5) is 0 Å². The van der Waals surface area contributed by atoms with E-state index in [4.69, 9.17) is 4.98 Å². The third kappa shape index (κ3) is 2.43. The molecule has 1 aliphatic carbocycles. The van der Waals surface area contributed by atoms with Crippen LogP contribution >= 0.6 is 0 Å². The zero-order valence-electron chi connectivity index (χ0n) is 14.8. The molecule has 122 valence electrons. The third-order valence-electron chi connectivity index (χ3n) is 5.61. The SMILES string of the molecule is CCC1CCC(C)c2c1c(-c1ccccc1)nc1ccc(C)cc21. The maximum Gasteiger partial charge on any atom is 0.0747 e. The number of benzene rings is 2. The summed E-state index contributed by atoms with van der Waals surface area (Å²) in [6.07, 6.45) is 3.76. The second-order valence-corrected chi connectivity index (χ2v) is 7.26. The van der Waals surface area contributed by atoms with Gasteiger partial charge in [-0.3, -0.25) is 0 Å². The highest BCUT2D eigenvalue weighted by molar-refractivity contribution is 5.89. The Bertz CT molecular complexity index is 879. The minimum absolute atomic E-state index is 0.609. The molecule has 0 saturated heterocycles. The van der Waals surface area contributed by atoms with Gasteiger partial charge in [0.2, 0.25) is 0 Å². The number of fused-ring (bicyclic) bond motifs is 3. The van der Waals surface area contributed by atoms with Crippen LogP contribution in [0, 0.1) is 6.92 Å². The lowest BCUT2D eigenvalue weighted by Crippen LogP contribution is -2.15. The first-order valence-electron chi connectivity index (χ1n) is 9.18. The van der Waals surface area contributed by atoms with Gasteiger partial charge >= 0.3 is 0 Å². The Morgan fingerprint density at radius 1 is 1.00 bits per heavy atom. The van der Waals surface area contributed by atoms with Crippen molar-refractivity contribution >= 4 is 10.9 Å². The van der Waals surface area contributed by atoms with Crippen LogP contribution in [-0.4, -0.2) is 4.98 Å². The van der Waals surface area contributed by atoms with Crippen LogP contribution < -0.4 is 0 Å². The largest absolute Gasteiger partial charge is 0.247 e. The number of rotatable bonds is 2. The van der Waals surface area contributed by atoms with E-state index in [9.17, 15) is 0 Å². The third-order valence-corrected chi connectivity index (χ3v) is 5.61. The Hall–Kier alpha value is -2.15. The highest BCUT2D eigenvalue weighted by atomic mass is 14.7. The second-order valence-electron chi connectivity index (χ2n) is 7.26. The zero-order chi connectivity index (χ0) is 16.7. The molecule has 24 heavy (non-hydrogen) atoms. The van der Waals surface area contributed by atoms with Crippen LogP contribution in [0.25, 0.3) is 22.2 Å². The molecule has 1 aliphatic rings. The molecule has 1 aromatic heterocycles. The predicted molar refractivity (Wildman–Crippen MR) is 103 cm³/mol. The van der Waals surface area contributed by atoms with E-state index >= 15 is 0 Å². The molecule has 0 aliphatic heterocycles. The van der Waals surface area contributed by atoms with Gasteiger partial charge in [-0.05, 0) is 61.3 Å². The first kappa shape index (κ1) is 15.4. The maximum atomic E-state index is 5.13. The Balaban J connectivity index is 2.11. The fraction of sp³-hybridized carbons (Fsp3) is 0.348. The Labute approximate surface area is 144 Å². The van der Waals surface area contributed by atoms with Crippen molar-refractivity contribution in [1.29, 1.82) is 0 Å². The van der Waals surface area contributed by atoms with Crippen LogP contribution in [0.5, 0.6) is 0 Å². The first-order valence-corrected chi connectivity index (χ1v) is 9.18. The van der Waals surface area contributed by atoms with Crippen molar-refractivity contribution in [2.24, 2.45) is 0 Å². The molecule has 2 unspecified atom stereocenters. The molecule has 0 N–H and O–H groups in total. The molecular formula is C23H25N. The van der Waals surface area contributed by atoms with Crippen molar-refractivity contribution in [1.82, 2.24) is 4.98 Å². The minimum atomic E-state index is 0.609. The highest BCUT2D eigenvalue weighted by Crippen LogP contribution is 2.47. The fourth-order valence-electron chi connectivity index (χ4n) is 4.32. The summed E-state index contributed by atoms with van der Waals surface area (Å²) in [5, 5.41) is 1.37. The normalized spacial score (nSPS) is 20.1. The zero-order valence-corrected chi connectivity index (χ0v) is 14.8. The molecule has 0 amide bonds. The maximum absolute atomic E-state index is 5.13. The van der Waals surface area contributed by atoms with Gasteiger partial charge < -0.3 is 0 Å². The topological polar surface area (TPSA) is 12.9 Å². The Morgan fingerprint density at radius 3 is 2.54 bits per heavy atom. The number of nitrogens with zero attached hydrogens (tertiary/aromatic N) is 1. The van der Waals surface area contributed by atoms with Gasteiger partial charge in [-0.25, -0.2) is 4.98 Å². The van der Waals surface area contributed by atoms with E-state index in [1.165, 1.54) is 47.0 Å². The van der Waals surface area contributed by atoms with E-state index in [0.29, 0.717) is 11.8 Å².